The van der Waals surface area contributed by atoms with Gasteiger partial charge in [0, 0.05) is 31.6 Å². The number of thiazole rings is 1. The number of nitrogens with zero attached hydrogens (tertiary/aromatic N) is 3. The molecule has 0 saturated carbocycles. The molecule has 1 aromatic rings. The van der Waals surface area contributed by atoms with E-state index in [2.05, 4.69) is 15.3 Å². The highest BCUT2D eigenvalue weighted by Gasteiger charge is 2.24. The van der Waals surface area contributed by atoms with Gasteiger partial charge in [0.25, 0.3) is 0 Å². The minimum absolute atomic E-state index is 0. The molecule has 5 nitrogen and oxygen atoms in total. The predicted molar refractivity (Wildman–Crippen MR) is 106 cm³/mol. The average Bonchev–Trinajstić information content (AvgIpc) is 2.77. The lowest BCUT2D eigenvalue weighted by Gasteiger charge is -2.24. The molecule has 1 fully saturated rings. The Balaban J connectivity index is 0.00000242. The first-order chi connectivity index (χ1) is 10.1. The van der Waals surface area contributed by atoms with E-state index < -0.39 is 0 Å². The molecule has 2 N–H and O–H groups in total. The monoisotopic (exact) mass is 400 g/mol. The lowest BCUT2D eigenvalue weighted by Crippen LogP contribution is -2.45. The number of rotatable bonds is 5. The van der Waals surface area contributed by atoms with Crippen LogP contribution in [0, 0.1) is 6.92 Å². The molecular weight excluding hydrogens is 375 g/mol. The minimum atomic E-state index is -0.355. The Morgan fingerprint density at radius 2 is 2.13 bits per heavy atom. The van der Waals surface area contributed by atoms with Crippen molar-refractivity contribution in [3.63, 3.8) is 0 Å². The molecule has 1 aromatic heterocycles. The highest BCUT2D eigenvalue weighted by Crippen LogP contribution is 2.21. The molecule has 1 saturated heterocycles. The number of aryl methyl sites for hydroxylation is 1. The van der Waals surface area contributed by atoms with E-state index in [1.165, 1.54) is 0 Å². The summed E-state index contributed by atoms with van der Waals surface area (Å²) in [6, 6.07) is -0.355. The molecule has 0 bridgehead atoms. The first-order valence-corrected chi connectivity index (χ1v) is 9.59. The van der Waals surface area contributed by atoms with Gasteiger partial charge in [-0.05, 0) is 31.8 Å². The Morgan fingerprint density at radius 1 is 1.39 bits per heavy atom. The van der Waals surface area contributed by atoms with Crippen LogP contribution in [0.25, 0.3) is 0 Å². The Labute approximate surface area is 159 Å². The summed E-state index contributed by atoms with van der Waals surface area (Å²) in [7, 11) is 0. The molecule has 2 heterocycles. The lowest BCUT2D eigenvalue weighted by atomic mass is 10.2. The number of halogens is 2. The molecule has 1 aliphatic rings. The van der Waals surface area contributed by atoms with Gasteiger partial charge in [0.15, 0.2) is 5.13 Å². The van der Waals surface area contributed by atoms with Gasteiger partial charge in [0.2, 0.25) is 5.91 Å². The van der Waals surface area contributed by atoms with Crippen LogP contribution in [0.1, 0.15) is 18.5 Å². The third-order valence-corrected chi connectivity index (χ3v) is 5.30. The van der Waals surface area contributed by atoms with Crippen molar-refractivity contribution in [1.29, 1.82) is 0 Å². The first-order valence-electron chi connectivity index (χ1n) is 7.32. The maximum atomic E-state index is 12.4. The van der Waals surface area contributed by atoms with Gasteiger partial charge in [0.05, 0.1) is 11.7 Å². The highest BCUT2D eigenvalue weighted by atomic mass is 35.5. The quantitative estimate of drug-likeness (QED) is 0.821. The average molecular weight is 401 g/mol. The summed E-state index contributed by atoms with van der Waals surface area (Å²) in [5, 5.41) is 3.13. The molecule has 1 aliphatic heterocycles. The van der Waals surface area contributed by atoms with E-state index in [1.54, 1.807) is 23.1 Å². The fourth-order valence-corrected chi connectivity index (χ4v) is 3.77. The van der Waals surface area contributed by atoms with Crippen molar-refractivity contribution >= 4 is 59.0 Å². The van der Waals surface area contributed by atoms with Gasteiger partial charge in [-0.15, -0.1) is 36.2 Å². The zero-order valence-corrected chi connectivity index (χ0v) is 16.8. The maximum Gasteiger partial charge on any atom is 0.239 e. The fourth-order valence-electron chi connectivity index (χ4n) is 2.42. The van der Waals surface area contributed by atoms with Crippen molar-refractivity contribution in [3.05, 3.63) is 11.1 Å². The smallest absolute Gasteiger partial charge is 0.239 e. The van der Waals surface area contributed by atoms with Gasteiger partial charge in [-0.3, -0.25) is 4.79 Å². The van der Waals surface area contributed by atoms with Crippen LogP contribution >= 0.6 is 47.9 Å². The zero-order valence-electron chi connectivity index (χ0n) is 13.6. The summed E-state index contributed by atoms with van der Waals surface area (Å²) in [6.45, 7) is 5.35. The number of amides is 1. The van der Waals surface area contributed by atoms with E-state index in [9.17, 15) is 4.79 Å². The van der Waals surface area contributed by atoms with Crippen LogP contribution in [0.15, 0.2) is 5.38 Å². The third kappa shape index (κ3) is 6.66. The van der Waals surface area contributed by atoms with Crippen molar-refractivity contribution in [2.45, 2.75) is 25.8 Å². The van der Waals surface area contributed by atoms with Gasteiger partial charge >= 0.3 is 0 Å². The van der Waals surface area contributed by atoms with Crippen LogP contribution in [-0.2, 0) is 4.79 Å². The number of nitrogens with two attached hydrogens (primary N) is 1. The number of anilines is 1. The van der Waals surface area contributed by atoms with Gasteiger partial charge < -0.3 is 15.5 Å². The topological polar surface area (TPSA) is 62.5 Å². The Morgan fingerprint density at radius 3 is 2.74 bits per heavy atom. The van der Waals surface area contributed by atoms with Crippen LogP contribution in [0.4, 0.5) is 5.13 Å². The van der Waals surface area contributed by atoms with Gasteiger partial charge in [-0.25, -0.2) is 4.98 Å². The maximum absolute atomic E-state index is 12.4. The van der Waals surface area contributed by atoms with E-state index in [4.69, 9.17) is 5.73 Å². The second-order valence-corrected chi connectivity index (χ2v) is 7.15. The number of aromatic nitrogens is 1. The standard InChI is InChI=1S/C14H24N4OS2.2ClH/c1-11-10-21-14(16-11)18-6-3-5-17(7-8-18)13(19)12(15)4-9-20-2;;/h10,12H,3-9,15H2,1-2H3;2*1H/t12-;;/m0../s1. The molecule has 23 heavy (non-hydrogen) atoms. The van der Waals surface area contributed by atoms with Gasteiger partial charge in [-0.1, -0.05) is 0 Å². The highest BCUT2D eigenvalue weighted by molar-refractivity contribution is 7.98. The molecule has 1 amide bonds. The van der Waals surface area contributed by atoms with E-state index in [1.807, 2.05) is 18.1 Å². The van der Waals surface area contributed by atoms with Gasteiger partial charge in [-0.2, -0.15) is 11.8 Å². The van der Waals surface area contributed by atoms with Crippen LogP contribution < -0.4 is 10.6 Å². The normalized spacial score (nSPS) is 16.1. The van der Waals surface area contributed by atoms with Crippen molar-refractivity contribution in [3.8, 4) is 0 Å². The molecule has 0 aromatic carbocycles. The molecule has 134 valence electrons. The van der Waals surface area contributed by atoms with Crippen LogP contribution in [0.3, 0.4) is 0 Å². The predicted octanol–water partition coefficient (Wildman–Crippen LogP) is 2.41. The van der Waals surface area contributed by atoms with E-state index in [-0.39, 0.29) is 36.8 Å². The minimum Gasteiger partial charge on any atom is -0.346 e. The lowest BCUT2D eigenvalue weighted by molar-refractivity contribution is -0.132. The van der Waals surface area contributed by atoms with Crippen molar-refractivity contribution in [2.75, 3.05) is 43.1 Å². The summed E-state index contributed by atoms with van der Waals surface area (Å²) >= 11 is 3.41. The molecule has 0 aliphatic carbocycles. The van der Waals surface area contributed by atoms with E-state index >= 15 is 0 Å². The third-order valence-electron chi connectivity index (χ3n) is 3.64. The van der Waals surface area contributed by atoms with E-state index in [0.717, 1.165) is 55.6 Å². The fraction of sp³-hybridized carbons (Fsp3) is 0.714. The van der Waals surface area contributed by atoms with Crippen molar-refractivity contribution in [1.82, 2.24) is 9.88 Å². The molecule has 0 radical (unpaired) electrons. The number of thioether (sulfide) groups is 1. The number of hydrogen-bond acceptors (Lipinski definition) is 6. The summed E-state index contributed by atoms with van der Waals surface area (Å²) in [5.74, 6) is 1.03. The second-order valence-electron chi connectivity index (χ2n) is 5.33. The van der Waals surface area contributed by atoms with Crippen molar-refractivity contribution in [2.24, 2.45) is 5.73 Å². The first kappa shape index (κ1) is 22.8. The zero-order chi connectivity index (χ0) is 15.2. The largest absolute Gasteiger partial charge is 0.346 e. The number of hydrogen-bond donors (Lipinski definition) is 1. The van der Waals surface area contributed by atoms with Crippen molar-refractivity contribution < 1.29 is 4.79 Å². The molecule has 0 unspecified atom stereocenters. The molecule has 0 spiro atoms. The summed E-state index contributed by atoms with van der Waals surface area (Å²) in [6.07, 6.45) is 3.77. The van der Waals surface area contributed by atoms with E-state index in [0.29, 0.717) is 0 Å². The Bertz CT molecular complexity index is 475. The van der Waals surface area contributed by atoms with Crippen LogP contribution in [0.2, 0.25) is 0 Å². The van der Waals surface area contributed by atoms with Crippen LogP contribution in [-0.4, -0.2) is 60.0 Å². The molecule has 9 heteroatoms. The summed E-state index contributed by atoms with van der Waals surface area (Å²) < 4.78 is 0. The molecular formula is C14H26Cl2N4OS2. The molecule has 1 atom stereocenters. The number of carbonyl (C=O) groups is 1. The summed E-state index contributed by atoms with van der Waals surface area (Å²) in [5.41, 5.74) is 7.07. The Kier molecular flexibility index (Phi) is 11.3. The SMILES string of the molecule is CSCC[C@H](N)C(=O)N1CCCN(c2nc(C)cs2)CC1.Cl.Cl. The number of carbonyl (C=O) groups excluding carboxylic acids is 1. The summed E-state index contributed by atoms with van der Waals surface area (Å²) in [4.78, 5) is 21.1. The Hall–Kier alpha value is -0.210. The van der Waals surface area contributed by atoms with Crippen LogP contribution in [0.5, 0.6) is 0 Å². The van der Waals surface area contributed by atoms with Gasteiger partial charge in [0.1, 0.15) is 0 Å². The molecule has 2 rings (SSSR count). The second kappa shape index (κ2) is 11.4.